The van der Waals surface area contributed by atoms with Gasteiger partial charge in [-0.25, -0.2) is 0 Å². The van der Waals surface area contributed by atoms with Crippen LogP contribution in [0.2, 0.25) is 5.02 Å². The maximum absolute atomic E-state index is 12.5. The number of carbonyl (C=O) groups is 2. The Labute approximate surface area is 187 Å². The van der Waals surface area contributed by atoms with Gasteiger partial charge in [0.25, 0.3) is 0 Å². The van der Waals surface area contributed by atoms with E-state index in [4.69, 9.17) is 30.5 Å². The number of methoxy groups -OCH3 is 4. The van der Waals surface area contributed by atoms with Gasteiger partial charge in [0.1, 0.15) is 5.75 Å². The Balaban J connectivity index is 1.97. The fourth-order valence-corrected chi connectivity index (χ4v) is 3.17. The van der Waals surface area contributed by atoms with Gasteiger partial charge in [-0.05, 0) is 42.3 Å². The molecule has 0 spiro atoms. The highest BCUT2D eigenvalue weighted by atomic mass is 35.5. The van der Waals surface area contributed by atoms with E-state index in [0.29, 0.717) is 40.1 Å². The summed E-state index contributed by atoms with van der Waals surface area (Å²) >= 11 is 5.98. The van der Waals surface area contributed by atoms with Crippen LogP contribution in [-0.4, -0.2) is 58.7 Å². The Bertz CT molecular complexity index is 909. The van der Waals surface area contributed by atoms with E-state index in [1.807, 2.05) is 0 Å². The summed E-state index contributed by atoms with van der Waals surface area (Å²) < 4.78 is 21.2. The molecular formula is C22H27ClN2O6. The molecule has 168 valence electrons. The number of nitrogens with zero attached hydrogens (tertiary/aromatic N) is 1. The van der Waals surface area contributed by atoms with Gasteiger partial charge in [0.2, 0.25) is 17.6 Å². The summed E-state index contributed by atoms with van der Waals surface area (Å²) in [6.45, 7) is -0.107. The maximum Gasteiger partial charge on any atom is 0.244 e. The Morgan fingerprint density at radius 3 is 2.10 bits per heavy atom. The lowest BCUT2D eigenvalue weighted by Crippen LogP contribution is -2.35. The molecule has 0 radical (unpaired) electrons. The van der Waals surface area contributed by atoms with E-state index in [1.54, 1.807) is 37.4 Å². The monoisotopic (exact) mass is 450 g/mol. The van der Waals surface area contributed by atoms with E-state index in [9.17, 15) is 9.59 Å². The quantitative estimate of drug-likeness (QED) is 0.597. The van der Waals surface area contributed by atoms with Crippen LogP contribution >= 0.6 is 11.6 Å². The van der Waals surface area contributed by atoms with Crippen molar-refractivity contribution in [1.82, 2.24) is 4.90 Å². The second-order valence-electron chi connectivity index (χ2n) is 6.68. The zero-order valence-corrected chi connectivity index (χ0v) is 19.0. The van der Waals surface area contributed by atoms with Crippen molar-refractivity contribution in [2.24, 2.45) is 0 Å². The van der Waals surface area contributed by atoms with Crippen molar-refractivity contribution in [1.29, 1.82) is 0 Å². The standard InChI is InChI=1S/C22H27ClN2O6/c1-25(13-20(26)24-16-12-15(23)7-8-17(16)28-2)21(27)9-6-14-10-18(29-3)22(31-5)19(11-14)30-4/h7-8,10-12H,6,9,13H2,1-5H3,(H,24,26). The number of carbonyl (C=O) groups excluding carboxylic acids is 2. The Hall–Kier alpha value is -3.13. The molecule has 0 aliphatic heterocycles. The van der Waals surface area contributed by atoms with Gasteiger partial charge in [-0.3, -0.25) is 9.59 Å². The second kappa shape index (κ2) is 11.3. The molecule has 0 aromatic heterocycles. The van der Waals surface area contributed by atoms with Crippen LogP contribution in [0.3, 0.4) is 0 Å². The third-order valence-electron chi connectivity index (χ3n) is 4.59. The van der Waals surface area contributed by atoms with Gasteiger partial charge in [0.05, 0.1) is 40.7 Å². The molecule has 1 N–H and O–H groups in total. The van der Waals surface area contributed by atoms with Crippen LogP contribution in [0, 0.1) is 0 Å². The first kappa shape index (κ1) is 24.1. The molecule has 8 nitrogen and oxygen atoms in total. The molecule has 0 saturated carbocycles. The topological polar surface area (TPSA) is 86.3 Å². The maximum atomic E-state index is 12.5. The fraction of sp³-hybridized carbons (Fsp3) is 0.364. The summed E-state index contributed by atoms with van der Waals surface area (Å²) in [5.41, 5.74) is 1.29. The predicted molar refractivity (Wildman–Crippen MR) is 119 cm³/mol. The molecule has 0 unspecified atom stereocenters. The predicted octanol–water partition coefficient (Wildman–Crippen LogP) is 3.40. The zero-order chi connectivity index (χ0) is 23.0. The smallest absolute Gasteiger partial charge is 0.244 e. The number of likely N-dealkylation sites (N-methyl/N-ethyl adjacent to an activating group) is 1. The molecule has 0 atom stereocenters. The minimum Gasteiger partial charge on any atom is -0.495 e. The molecule has 2 aromatic carbocycles. The molecule has 0 bridgehead atoms. The third-order valence-corrected chi connectivity index (χ3v) is 4.83. The Morgan fingerprint density at radius 2 is 1.55 bits per heavy atom. The Kier molecular flexibility index (Phi) is 8.81. The number of halogens is 1. The van der Waals surface area contributed by atoms with Gasteiger partial charge in [-0.1, -0.05) is 11.6 Å². The normalized spacial score (nSPS) is 10.3. The number of benzene rings is 2. The van der Waals surface area contributed by atoms with Crippen LogP contribution in [0.1, 0.15) is 12.0 Å². The van der Waals surface area contributed by atoms with Crippen LogP contribution < -0.4 is 24.3 Å². The average Bonchev–Trinajstić information content (AvgIpc) is 2.76. The SMILES string of the molecule is COc1ccc(Cl)cc1NC(=O)CN(C)C(=O)CCc1cc(OC)c(OC)c(OC)c1. The van der Waals surface area contributed by atoms with E-state index in [1.165, 1.54) is 33.3 Å². The van der Waals surface area contributed by atoms with E-state index in [2.05, 4.69) is 5.32 Å². The number of amides is 2. The second-order valence-corrected chi connectivity index (χ2v) is 7.11. The third kappa shape index (κ3) is 6.42. The number of aryl methyl sites for hydroxylation is 1. The van der Waals surface area contributed by atoms with Crippen molar-refractivity contribution >= 4 is 29.1 Å². The fourth-order valence-electron chi connectivity index (χ4n) is 2.99. The number of rotatable bonds is 10. The largest absolute Gasteiger partial charge is 0.495 e. The Morgan fingerprint density at radius 1 is 0.935 bits per heavy atom. The van der Waals surface area contributed by atoms with Gasteiger partial charge >= 0.3 is 0 Å². The van der Waals surface area contributed by atoms with Crippen LogP contribution in [-0.2, 0) is 16.0 Å². The van der Waals surface area contributed by atoms with Gasteiger partial charge < -0.3 is 29.2 Å². The van der Waals surface area contributed by atoms with Crippen LogP contribution in [0.4, 0.5) is 5.69 Å². The van der Waals surface area contributed by atoms with Crippen molar-refractivity contribution in [2.75, 3.05) is 47.3 Å². The first-order valence-electron chi connectivity index (χ1n) is 9.49. The lowest BCUT2D eigenvalue weighted by atomic mass is 10.1. The van der Waals surface area contributed by atoms with Gasteiger partial charge in [0, 0.05) is 18.5 Å². The first-order chi connectivity index (χ1) is 14.8. The molecule has 0 heterocycles. The number of nitrogens with one attached hydrogen (secondary N) is 1. The van der Waals surface area contributed by atoms with Crippen LogP contribution in [0.15, 0.2) is 30.3 Å². The zero-order valence-electron chi connectivity index (χ0n) is 18.3. The van der Waals surface area contributed by atoms with Crippen molar-refractivity contribution in [3.8, 4) is 23.0 Å². The van der Waals surface area contributed by atoms with Crippen LogP contribution in [0.25, 0.3) is 0 Å². The van der Waals surface area contributed by atoms with E-state index in [-0.39, 0.29) is 24.8 Å². The summed E-state index contributed by atoms with van der Waals surface area (Å²) in [7, 11) is 7.67. The molecule has 0 aliphatic carbocycles. The minimum absolute atomic E-state index is 0.107. The van der Waals surface area contributed by atoms with E-state index >= 15 is 0 Å². The van der Waals surface area contributed by atoms with Crippen molar-refractivity contribution in [2.45, 2.75) is 12.8 Å². The highest BCUT2D eigenvalue weighted by Gasteiger charge is 2.17. The summed E-state index contributed by atoms with van der Waals surface area (Å²) in [4.78, 5) is 26.3. The molecule has 2 aromatic rings. The first-order valence-corrected chi connectivity index (χ1v) is 9.87. The summed E-state index contributed by atoms with van der Waals surface area (Å²) in [5.74, 6) is 1.48. The summed E-state index contributed by atoms with van der Waals surface area (Å²) in [6, 6.07) is 8.50. The number of hydrogen-bond acceptors (Lipinski definition) is 6. The number of anilines is 1. The van der Waals surface area contributed by atoms with Gasteiger partial charge in [0.15, 0.2) is 11.5 Å². The molecule has 2 amide bonds. The number of hydrogen-bond donors (Lipinski definition) is 1. The van der Waals surface area contributed by atoms with E-state index in [0.717, 1.165) is 5.56 Å². The minimum atomic E-state index is -0.357. The van der Waals surface area contributed by atoms with Gasteiger partial charge in [-0.2, -0.15) is 0 Å². The highest BCUT2D eigenvalue weighted by Crippen LogP contribution is 2.38. The molecule has 31 heavy (non-hydrogen) atoms. The van der Waals surface area contributed by atoms with E-state index < -0.39 is 0 Å². The summed E-state index contributed by atoms with van der Waals surface area (Å²) in [5, 5.41) is 3.18. The van der Waals surface area contributed by atoms with Crippen molar-refractivity contribution in [3.05, 3.63) is 40.9 Å². The molecular weight excluding hydrogens is 424 g/mol. The molecule has 0 aliphatic rings. The van der Waals surface area contributed by atoms with Crippen LogP contribution in [0.5, 0.6) is 23.0 Å². The van der Waals surface area contributed by atoms with Crippen molar-refractivity contribution < 1.29 is 28.5 Å². The highest BCUT2D eigenvalue weighted by molar-refractivity contribution is 6.31. The molecule has 0 fully saturated rings. The molecule has 0 saturated heterocycles. The number of ether oxygens (including phenoxy) is 4. The average molecular weight is 451 g/mol. The lowest BCUT2D eigenvalue weighted by Gasteiger charge is -2.18. The van der Waals surface area contributed by atoms with Gasteiger partial charge in [-0.15, -0.1) is 0 Å². The van der Waals surface area contributed by atoms with Crippen molar-refractivity contribution in [3.63, 3.8) is 0 Å². The lowest BCUT2D eigenvalue weighted by molar-refractivity contribution is -0.133. The summed E-state index contributed by atoms with van der Waals surface area (Å²) in [6.07, 6.45) is 0.659. The molecule has 2 rings (SSSR count). The molecule has 9 heteroatoms.